The van der Waals surface area contributed by atoms with Crippen molar-refractivity contribution in [2.24, 2.45) is 11.8 Å². The van der Waals surface area contributed by atoms with E-state index >= 15 is 0 Å². The van der Waals surface area contributed by atoms with Gasteiger partial charge in [-0.3, -0.25) is 14.7 Å². The van der Waals surface area contributed by atoms with Crippen LogP contribution in [-0.4, -0.2) is 39.8 Å². The number of nitrogens with zero attached hydrogens (tertiary/aromatic N) is 3. The third-order valence-corrected chi connectivity index (χ3v) is 9.40. The maximum Gasteiger partial charge on any atom is 0.273 e. The van der Waals surface area contributed by atoms with Crippen LogP contribution in [0.25, 0.3) is 10.9 Å². The Morgan fingerprint density at radius 1 is 1.06 bits per heavy atom. The molecule has 184 valence electrons. The van der Waals surface area contributed by atoms with Crippen LogP contribution in [0.3, 0.4) is 0 Å². The maximum absolute atomic E-state index is 13.1. The zero-order chi connectivity index (χ0) is 23.6. The Hall–Kier alpha value is -2.31. The molecule has 0 atom stereocenters. The van der Waals surface area contributed by atoms with Gasteiger partial charge in [-0.15, -0.1) is 0 Å². The van der Waals surface area contributed by atoms with Gasteiger partial charge < -0.3 is 4.74 Å². The molecule has 6 rings (SSSR count). The maximum atomic E-state index is 13.1. The number of thiazole rings is 1. The van der Waals surface area contributed by atoms with E-state index in [1.54, 1.807) is 17.5 Å². The molecule has 1 aliphatic heterocycles. The summed E-state index contributed by atoms with van der Waals surface area (Å²) in [5, 5.41) is 1.88. The first-order valence-electron chi connectivity index (χ1n) is 13.5. The highest BCUT2D eigenvalue weighted by molar-refractivity contribution is 7.13. The molecule has 3 aromatic rings. The van der Waals surface area contributed by atoms with E-state index in [0.717, 1.165) is 53.6 Å². The summed E-state index contributed by atoms with van der Waals surface area (Å²) in [6.45, 7) is 3.28. The summed E-state index contributed by atoms with van der Waals surface area (Å²) in [7, 11) is 0. The van der Waals surface area contributed by atoms with Crippen LogP contribution in [0, 0.1) is 11.8 Å². The zero-order valence-electron chi connectivity index (χ0n) is 20.5. The first-order valence-corrected chi connectivity index (χ1v) is 14.3. The molecule has 3 aliphatic rings. The number of rotatable bonds is 8. The van der Waals surface area contributed by atoms with Crippen LogP contribution in [0.5, 0.6) is 5.19 Å². The molecule has 1 aromatic carbocycles. The van der Waals surface area contributed by atoms with Crippen LogP contribution < -0.4 is 4.74 Å². The molecule has 0 radical (unpaired) electrons. The van der Waals surface area contributed by atoms with Crippen molar-refractivity contribution in [3.8, 4) is 5.19 Å². The van der Waals surface area contributed by atoms with Crippen molar-refractivity contribution in [2.75, 3.05) is 13.1 Å². The largest absolute Gasteiger partial charge is 0.467 e. The Labute approximate surface area is 211 Å². The summed E-state index contributed by atoms with van der Waals surface area (Å²) in [6, 6.07) is 9.84. The molecule has 6 heteroatoms. The Kier molecular flexibility index (Phi) is 6.84. The summed E-state index contributed by atoms with van der Waals surface area (Å²) < 4.78 is 6.04. The minimum atomic E-state index is 0.278. The number of aromatic nitrogens is 2. The van der Waals surface area contributed by atoms with Gasteiger partial charge in [-0.05, 0) is 75.5 Å². The first-order chi connectivity index (χ1) is 17.2. The van der Waals surface area contributed by atoms with Crippen LogP contribution in [0.2, 0.25) is 0 Å². The second-order valence-corrected chi connectivity index (χ2v) is 11.8. The Morgan fingerprint density at radius 3 is 2.74 bits per heavy atom. The van der Waals surface area contributed by atoms with E-state index < -0.39 is 0 Å². The van der Waals surface area contributed by atoms with E-state index in [1.807, 2.05) is 30.3 Å². The van der Waals surface area contributed by atoms with Gasteiger partial charge in [0.1, 0.15) is 6.10 Å². The fourth-order valence-corrected chi connectivity index (χ4v) is 6.88. The van der Waals surface area contributed by atoms with Crippen molar-refractivity contribution in [1.29, 1.82) is 0 Å². The van der Waals surface area contributed by atoms with Crippen LogP contribution in [0.4, 0.5) is 0 Å². The van der Waals surface area contributed by atoms with Crippen molar-refractivity contribution in [3.63, 3.8) is 0 Å². The molecule has 0 unspecified atom stereocenters. The van der Waals surface area contributed by atoms with Crippen molar-refractivity contribution in [2.45, 2.75) is 76.9 Å². The minimum Gasteiger partial charge on any atom is -0.467 e. The molecule has 2 fully saturated rings. The van der Waals surface area contributed by atoms with E-state index in [-0.39, 0.29) is 5.78 Å². The Bertz CT molecular complexity index is 1170. The second kappa shape index (κ2) is 10.4. The van der Waals surface area contributed by atoms with Crippen LogP contribution in [-0.2, 0) is 13.0 Å². The number of benzene rings is 1. The summed E-state index contributed by atoms with van der Waals surface area (Å²) in [5.74, 6) is 1.59. The third kappa shape index (κ3) is 5.29. The molecule has 0 saturated heterocycles. The highest BCUT2D eigenvalue weighted by Crippen LogP contribution is 2.36. The minimum absolute atomic E-state index is 0.278. The second-order valence-electron chi connectivity index (χ2n) is 10.7. The highest BCUT2D eigenvalue weighted by atomic mass is 32.1. The third-order valence-electron chi connectivity index (χ3n) is 8.35. The fraction of sp³-hybridized carbons (Fsp3) is 0.552. The van der Waals surface area contributed by atoms with Gasteiger partial charge in [0.15, 0.2) is 5.78 Å². The van der Waals surface area contributed by atoms with Gasteiger partial charge in [-0.25, -0.2) is 4.98 Å². The van der Waals surface area contributed by atoms with E-state index in [1.165, 1.54) is 61.9 Å². The standard InChI is InChI=1S/C29H35N3O2S/c33-27(24-6-2-8-25-23(24)7-3-15-30-25)18-21-11-9-20(10-12-21)13-16-32-17-14-28-26(19-32)31-29(35-28)34-22-4-1-5-22/h2-3,6-8,15,20-22H,1,4-5,9-14,16-19H2. The van der Waals surface area contributed by atoms with Gasteiger partial charge >= 0.3 is 0 Å². The number of Topliss-reactive ketones (excluding diaryl/α,β-unsaturated/α-hetero) is 1. The molecule has 2 aromatic heterocycles. The lowest BCUT2D eigenvalue weighted by atomic mass is 9.78. The van der Waals surface area contributed by atoms with Gasteiger partial charge in [0.25, 0.3) is 5.19 Å². The van der Waals surface area contributed by atoms with Gasteiger partial charge in [-0.1, -0.05) is 42.4 Å². The molecular formula is C29H35N3O2S. The number of hydrogen-bond donors (Lipinski definition) is 0. The monoisotopic (exact) mass is 489 g/mol. The number of hydrogen-bond acceptors (Lipinski definition) is 6. The van der Waals surface area contributed by atoms with E-state index in [9.17, 15) is 4.79 Å². The molecule has 0 bridgehead atoms. The number of carbonyl (C=O) groups is 1. The van der Waals surface area contributed by atoms with E-state index in [0.29, 0.717) is 18.4 Å². The fourth-order valence-electron chi connectivity index (χ4n) is 5.91. The van der Waals surface area contributed by atoms with Crippen LogP contribution in [0.1, 0.15) is 78.7 Å². The summed E-state index contributed by atoms with van der Waals surface area (Å²) in [6.07, 6.45) is 13.8. The smallest absolute Gasteiger partial charge is 0.273 e. The topological polar surface area (TPSA) is 55.3 Å². The highest BCUT2D eigenvalue weighted by Gasteiger charge is 2.27. The average Bonchev–Trinajstić information content (AvgIpc) is 3.27. The molecule has 2 saturated carbocycles. The normalized spacial score (nSPS) is 23.1. The molecule has 0 spiro atoms. The van der Waals surface area contributed by atoms with Crippen molar-refractivity contribution in [1.82, 2.24) is 14.9 Å². The summed E-state index contributed by atoms with van der Waals surface area (Å²) >= 11 is 1.77. The average molecular weight is 490 g/mol. The summed E-state index contributed by atoms with van der Waals surface area (Å²) in [4.78, 5) is 26.3. The quantitative estimate of drug-likeness (QED) is 0.340. The SMILES string of the molecule is O=C(CC1CCC(CCN2CCc3sc(OC4CCC4)nc3C2)CC1)c1cccc2ncccc12. The number of fused-ring (bicyclic) bond motifs is 2. The predicted octanol–water partition coefficient (Wildman–Crippen LogP) is 6.45. The molecular weight excluding hydrogens is 454 g/mol. The van der Waals surface area contributed by atoms with E-state index in [4.69, 9.17) is 9.72 Å². The molecule has 0 amide bonds. The Balaban J connectivity index is 0.956. The number of ether oxygens (including phenoxy) is 1. The summed E-state index contributed by atoms with van der Waals surface area (Å²) in [5.41, 5.74) is 3.00. The molecule has 35 heavy (non-hydrogen) atoms. The van der Waals surface area contributed by atoms with Gasteiger partial charge in [-0.2, -0.15) is 0 Å². The zero-order valence-corrected chi connectivity index (χ0v) is 21.3. The number of ketones is 1. The molecule has 0 N–H and O–H groups in total. The lowest BCUT2D eigenvalue weighted by Crippen LogP contribution is -2.32. The number of carbonyl (C=O) groups excluding carboxylic acids is 1. The van der Waals surface area contributed by atoms with Gasteiger partial charge in [0.2, 0.25) is 0 Å². The Morgan fingerprint density at radius 2 is 1.91 bits per heavy atom. The molecule has 2 aliphatic carbocycles. The van der Waals surface area contributed by atoms with Crippen molar-refractivity contribution >= 4 is 28.0 Å². The molecule has 5 nitrogen and oxygen atoms in total. The number of pyridine rings is 1. The van der Waals surface area contributed by atoms with Crippen LogP contribution >= 0.6 is 11.3 Å². The lowest BCUT2D eigenvalue weighted by molar-refractivity contribution is 0.0941. The lowest BCUT2D eigenvalue weighted by Gasteiger charge is -2.31. The van der Waals surface area contributed by atoms with Gasteiger partial charge in [0, 0.05) is 41.5 Å². The first kappa shape index (κ1) is 23.1. The van der Waals surface area contributed by atoms with E-state index in [2.05, 4.69) is 9.88 Å². The van der Waals surface area contributed by atoms with Crippen molar-refractivity contribution < 1.29 is 9.53 Å². The van der Waals surface area contributed by atoms with Gasteiger partial charge in [0.05, 0.1) is 11.2 Å². The van der Waals surface area contributed by atoms with Crippen LogP contribution in [0.15, 0.2) is 36.5 Å². The van der Waals surface area contributed by atoms with Crippen molar-refractivity contribution in [3.05, 3.63) is 52.7 Å². The predicted molar refractivity (Wildman–Crippen MR) is 140 cm³/mol. The molecule has 3 heterocycles.